The topological polar surface area (TPSA) is 29.9 Å². The van der Waals surface area contributed by atoms with E-state index in [9.17, 15) is 0 Å². The van der Waals surface area contributed by atoms with Gasteiger partial charge in [0, 0.05) is 23.6 Å². The first kappa shape index (κ1) is 15.6. The average Bonchev–Trinajstić information content (AvgIpc) is 2.93. The van der Waals surface area contributed by atoms with Gasteiger partial charge in [0.25, 0.3) is 0 Å². The molecule has 0 unspecified atom stereocenters. The third kappa shape index (κ3) is 3.90. The predicted octanol–water partition coefficient (Wildman–Crippen LogP) is 4.97. The number of imidazole rings is 1. The van der Waals surface area contributed by atoms with Crippen molar-refractivity contribution in [2.24, 2.45) is 7.05 Å². The van der Waals surface area contributed by atoms with Crippen LogP contribution in [-0.4, -0.2) is 16.1 Å². The van der Waals surface area contributed by atoms with Gasteiger partial charge in [-0.15, -0.1) is 0 Å². The second kappa shape index (κ2) is 7.29. The summed E-state index contributed by atoms with van der Waals surface area (Å²) in [5.41, 5.74) is 3.42. The molecular formula is C19H18BrN3. The minimum Gasteiger partial charge on any atom is -0.352 e. The van der Waals surface area contributed by atoms with Crippen molar-refractivity contribution in [2.75, 3.05) is 11.9 Å². The number of aromatic nitrogens is 2. The summed E-state index contributed by atoms with van der Waals surface area (Å²) in [4.78, 5) is 4.47. The van der Waals surface area contributed by atoms with Crippen molar-refractivity contribution in [1.29, 1.82) is 0 Å². The van der Waals surface area contributed by atoms with Crippen LogP contribution in [0.15, 0.2) is 71.3 Å². The van der Waals surface area contributed by atoms with Gasteiger partial charge in [-0.2, -0.15) is 0 Å². The fourth-order valence-corrected chi connectivity index (χ4v) is 2.80. The Balaban J connectivity index is 1.67. The van der Waals surface area contributed by atoms with Crippen LogP contribution >= 0.6 is 15.9 Å². The molecule has 0 atom stereocenters. The number of halogens is 1. The van der Waals surface area contributed by atoms with E-state index in [2.05, 4.69) is 67.2 Å². The van der Waals surface area contributed by atoms with Crippen LogP contribution in [0.3, 0.4) is 0 Å². The fraction of sp³-hybridized carbons (Fsp3) is 0.105. The van der Waals surface area contributed by atoms with Gasteiger partial charge in [-0.3, -0.25) is 0 Å². The number of hydrogen-bond acceptors (Lipinski definition) is 2. The maximum atomic E-state index is 4.47. The lowest BCUT2D eigenvalue weighted by atomic mass is 10.2. The van der Waals surface area contributed by atoms with Crippen LogP contribution in [0.2, 0.25) is 0 Å². The van der Waals surface area contributed by atoms with Gasteiger partial charge < -0.3 is 9.88 Å². The summed E-state index contributed by atoms with van der Waals surface area (Å²) in [6, 6.07) is 18.5. The summed E-state index contributed by atoms with van der Waals surface area (Å²) in [7, 11) is 2.02. The monoisotopic (exact) mass is 367 g/mol. The third-order valence-electron chi connectivity index (χ3n) is 3.60. The van der Waals surface area contributed by atoms with Gasteiger partial charge in [-0.05, 0) is 17.7 Å². The summed E-state index contributed by atoms with van der Waals surface area (Å²) in [5, 5.41) is 3.34. The molecule has 1 aromatic heterocycles. The molecule has 2 aromatic carbocycles. The molecule has 23 heavy (non-hydrogen) atoms. The first-order valence-electron chi connectivity index (χ1n) is 7.47. The molecule has 0 aliphatic carbocycles. The van der Waals surface area contributed by atoms with E-state index in [1.807, 2.05) is 43.6 Å². The van der Waals surface area contributed by atoms with Crippen LogP contribution in [0.5, 0.6) is 0 Å². The molecule has 3 nitrogen and oxygen atoms in total. The van der Waals surface area contributed by atoms with E-state index in [-0.39, 0.29) is 0 Å². The SMILES string of the molecule is Cn1c(-c2cccc(Br)c2)cnc1NC/C=C/c1ccccc1. The lowest BCUT2D eigenvalue weighted by Crippen LogP contribution is -2.05. The number of benzene rings is 2. The van der Waals surface area contributed by atoms with Gasteiger partial charge in [0.05, 0.1) is 11.9 Å². The van der Waals surface area contributed by atoms with E-state index in [4.69, 9.17) is 0 Å². The van der Waals surface area contributed by atoms with Crippen molar-refractivity contribution in [2.45, 2.75) is 0 Å². The standard InChI is InChI=1S/C19H18BrN3/c1-23-18(16-10-5-11-17(20)13-16)14-22-19(23)21-12-6-9-15-7-3-2-4-8-15/h2-11,13-14H,12H2,1H3,(H,21,22)/b9-6+. The third-order valence-corrected chi connectivity index (χ3v) is 4.09. The molecule has 3 aromatic rings. The second-order valence-corrected chi connectivity index (χ2v) is 6.15. The Kier molecular flexibility index (Phi) is 4.93. The largest absolute Gasteiger partial charge is 0.352 e. The first-order chi connectivity index (χ1) is 11.2. The molecule has 0 saturated carbocycles. The maximum Gasteiger partial charge on any atom is 0.203 e. The summed E-state index contributed by atoms with van der Waals surface area (Å²) in [5.74, 6) is 0.859. The smallest absolute Gasteiger partial charge is 0.203 e. The highest BCUT2D eigenvalue weighted by molar-refractivity contribution is 9.10. The highest BCUT2D eigenvalue weighted by Crippen LogP contribution is 2.24. The van der Waals surface area contributed by atoms with Crippen LogP contribution < -0.4 is 5.32 Å². The number of nitrogens with one attached hydrogen (secondary N) is 1. The van der Waals surface area contributed by atoms with E-state index in [0.717, 1.165) is 28.2 Å². The Morgan fingerprint density at radius 3 is 2.74 bits per heavy atom. The highest BCUT2D eigenvalue weighted by atomic mass is 79.9. The van der Waals surface area contributed by atoms with Crippen molar-refractivity contribution >= 4 is 28.0 Å². The molecule has 4 heteroatoms. The van der Waals surface area contributed by atoms with Gasteiger partial charge in [-0.25, -0.2) is 4.98 Å². The van der Waals surface area contributed by atoms with Crippen molar-refractivity contribution in [3.63, 3.8) is 0 Å². The van der Waals surface area contributed by atoms with Crippen LogP contribution in [0.4, 0.5) is 5.95 Å². The molecular weight excluding hydrogens is 350 g/mol. The van der Waals surface area contributed by atoms with E-state index in [1.165, 1.54) is 5.56 Å². The van der Waals surface area contributed by atoms with Gasteiger partial charge in [0.15, 0.2) is 0 Å². The molecule has 0 saturated heterocycles. The normalized spacial score (nSPS) is 11.0. The summed E-state index contributed by atoms with van der Waals surface area (Å²) in [6.45, 7) is 0.734. The first-order valence-corrected chi connectivity index (χ1v) is 8.26. The number of nitrogens with zero attached hydrogens (tertiary/aromatic N) is 2. The molecule has 0 radical (unpaired) electrons. The Morgan fingerprint density at radius 1 is 1.13 bits per heavy atom. The Bertz CT molecular complexity index is 806. The molecule has 0 spiro atoms. The molecule has 1 N–H and O–H groups in total. The minimum atomic E-state index is 0.734. The van der Waals surface area contributed by atoms with Crippen molar-refractivity contribution in [1.82, 2.24) is 9.55 Å². The fourth-order valence-electron chi connectivity index (χ4n) is 2.40. The number of hydrogen-bond donors (Lipinski definition) is 1. The van der Waals surface area contributed by atoms with Crippen LogP contribution in [0, 0.1) is 0 Å². The van der Waals surface area contributed by atoms with Crippen LogP contribution in [0.1, 0.15) is 5.56 Å². The molecule has 0 fully saturated rings. The van der Waals surface area contributed by atoms with Crippen LogP contribution in [-0.2, 0) is 7.05 Å². The molecule has 116 valence electrons. The maximum absolute atomic E-state index is 4.47. The zero-order valence-electron chi connectivity index (χ0n) is 12.9. The Hall–Kier alpha value is -2.33. The van der Waals surface area contributed by atoms with E-state index < -0.39 is 0 Å². The van der Waals surface area contributed by atoms with Crippen molar-refractivity contribution in [3.8, 4) is 11.3 Å². The van der Waals surface area contributed by atoms with Gasteiger partial charge in [0.2, 0.25) is 5.95 Å². The molecule has 0 amide bonds. The van der Waals surface area contributed by atoms with Gasteiger partial charge >= 0.3 is 0 Å². The summed E-state index contributed by atoms with van der Waals surface area (Å²) in [6.07, 6.45) is 6.10. The average molecular weight is 368 g/mol. The lowest BCUT2D eigenvalue weighted by Gasteiger charge is -2.07. The molecule has 1 heterocycles. The Labute approximate surface area is 144 Å². The van der Waals surface area contributed by atoms with E-state index in [1.54, 1.807) is 0 Å². The van der Waals surface area contributed by atoms with Crippen LogP contribution in [0.25, 0.3) is 17.3 Å². The molecule has 0 bridgehead atoms. The van der Waals surface area contributed by atoms with Crippen molar-refractivity contribution < 1.29 is 0 Å². The number of rotatable bonds is 5. The van der Waals surface area contributed by atoms with Crippen molar-refractivity contribution in [3.05, 3.63) is 76.9 Å². The lowest BCUT2D eigenvalue weighted by molar-refractivity contribution is 0.920. The minimum absolute atomic E-state index is 0.734. The zero-order chi connectivity index (χ0) is 16.1. The molecule has 3 rings (SSSR count). The molecule has 0 aliphatic rings. The summed E-state index contributed by atoms with van der Waals surface area (Å²) >= 11 is 3.51. The quantitative estimate of drug-likeness (QED) is 0.689. The second-order valence-electron chi connectivity index (χ2n) is 5.23. The Morgan fingerprint density at radius 2 is 1.96 bits per heavy atom. The van der Waals surface area contributed by atoms with E-state index in [0.29, 0.717) is 0 Å². The summed E-state index contributed by atoms with van der Waals surface area (Å²) < 4.78 is 3.13. The van der Waals surface area contributed by atoms with Gasteiger partial charge in [0.1, 0.15) is 0 Å². The molecule has 0 aliphatic heterocycles. The number of anilines is 1. The predicted molar refractivity (Wildman–Crippen MR) is 100 cm³/mol. The zero-order valence-corrected chi connectivity index (χ0v) is 14.5. The van der Waals surface area contributed by atoms with E-state index >= 15 is 0 Å². The highest BCUT2D eigenvalue weighted by Gasteiger charge is 2.07. The van der Waals surface area contributed by atoms with Gasteiger partial charge in [-0.1, -0.05) is 70.5 Å².